The lowest BCUT2D eigenvalue weighted by atomic mass is 9.84. The topological polar surface area (TPSA) is 104 Å². The van der Waals surface area contributed by atoms with Crippen LogP contribution in [0.1, 0.15) is 42.2 Å². The van der Waals surface area contributed by atoms with Gasteiger partial charge in [-0.25, -0.2) is 4.79 Å². The number of nitrogens with zero attached hydrogens (tertiary/aromatic N) is 1. The molecule has 1 aromatic heterocycles. The van der Waals surface area contributed by atoms with E-state index in [0.29, 0.717) is 16.5 Å². The Balaban J connectivity index is 1.71. The number of nitrogens with one attached hydrogen (secondary N) is 2. The number of carbonyl (C=O) groups excluding carboxylic acids is 2. The van der Waals surface area contributed by atoms with Gasteiger partial charge in [0.1, 0.15) is 5.76 Å². The Morgan fingerprint density at radius 1 is 1.11 bits per heavy atom. The van der Waals surface area contributed by atoms with Gasteiger partial charge in [-0.05, 0) is 49.1 Å². The molecule has 0 bridgehead atoms. The van der Waals surface area contributed by atoms with Gasteiger partial charge in [-0.3, -0.25) is 4.79 Å². The van der Waals surface area contributed by atoms with Gasteiger partial charge in [0.2, 0.25) is 5.91 Å². The van der Waals surface area contributed by atoms with Crippen LogP contribution in [0.3, 0.4) is 0 Å². The monoisotopic (exact) mass is 527 g/mol. The Hall–Kier alpha value is -4.22. The first kappa shape index (κ1) is 26.8. The smallest absolute Gasteiger partial charge is 0.337 e. The van der Waals surface area contributed by atoms with Crippen molar-refractivity contribution in [3.8, 4) is 6.07 Å². The fraction of sp³-hybridized carbons (Fsp3) is 0.233. The van der Waals surface area contributed by atoms with E-state index in [2.05, 4.69) is 16.7 Å². The molecule has 2 heterocycles. The number of hydrogen-bond donors (Lipinski definition) is 2. The van der Waals surface area contributed by atoms with Crippen LogP contribution in [0.15, 0.2) is 87.5 Å². The minimum absolute atomic E-state index is 0.0622. The molecule has 2 N–H and O–H groups in total. The number of para-hydroxylation sites is 1. The van der Waals surface area contributed by atoms with Crippen molar-refractivity contribution in [2.24, 2.45) is 0 Å². The van der Waals surface area contributed by atoms with Gasteiger partial charge in [-0.1, -0.05) is 67.2 Å². The van der Waals surface area contributed by atoms with E-state index >= 15 is 0 Å². The number of anilines is 1. The van der Waals surface area contributed by atoms with Crippen LogP contribution in [0.5, 0.6) is 0 Å². The fourth-order valence-corrected chi connectivity index (χ4v) is 5.25. The van der Waals surface area contributed by atoms with Crippen molar-refractivity contribution in [2.75, 3.05) is 17.7 Å². The zero-order valence-corrected chi connectivity index (χ0v) is 22.4. The van der Waals surface area contributed by atoms with E-state index in [0.717, 1.165) is 28.8 Å². The molecule has 1 amide bonds. The average Bonchev–Trinajstić information content (AvgIpc) is 3.47. The van der Waals surface area contributed by atoms with E-state index in [9.17, 15) is 14.9 Å². The molecule has 0 saturated heterocycles. The highest BCUT2D eigenvalue weighted by Gasteiger charge is 2.39. The predicted molar refractivity (Wildman–Crippen MR) is 149 cm³/mol. The van der Waals surface area contributed by atoms with Gasteiger partial charge >= 0.3 is 5.97 Å². The van der Waals surface area contributed by atoms with Crippen LogP contribution in [-0.2, 0) is 20.7 Å². The summed E-state index contributed by atoms with van der Waals surface area (Å²) in [6.45, 7) is 5.92. The summed E-state index contributed by atoms with van der Waals surface area (Å²) in [7, 11) is 0. The summed E-state index contributed by atoms with van der Waals surface area (Å²) >= 11 is 1.21. The molecule has 3 aromatic rings. The zero-order valence-electron chi connectivity index (χ0n) is 21.5. The van der Waals surface area contributed by atoms with Crippen molar-refractivity contribution in [3.05, 3.63) is 106 Å². The van der Waals surface area contributed by atoms with Crippen LogP contribution in [0.4, 0.5) is 5.69 Å². The summed E-state index contributed by atoms with van der Waals surface area (Å²) in [4.78, 5) is 26.3. The third-order valence-corrected chi connectivity index (χ3v) is 7.20. The molecule has 1 atom stereocenters. The molecule has 0 fully saturated rings. The van der Waals surface area contributed by atoms with E-state index in [4.69, 9.17) is 9.15 Å². The van der Waals surface area contributed by atoms with E-state index in [1.54, 1.807) is 19.1 Å². The number of nitriles is 1. The highest BCUT2D eigenvalue weighted by molar-refractivity contribution is 8.03. The highest BCUT2D eigenvalue weighted by atomic mass is 32.2. The molecule has 0 aliphatic carbocycles. The molecule has 0 unspecified atom stereocenters. The van der Waals surface area contributed by atoms with Crippen molar-refractivity contribution in [3.63, 3.8) is 0 Å². The molecule has 0 spiro atoms. The minimum atomic E-state index is -0.792. The second-order valence-corrected chi connectivity index (χ2v) is 9.59. The molecule has 1 aliphatic rings. The average molecular weight is 528 g/mol. The molecule has 0 saturated carbocycles. The Bertz CT molecular complexity index is 1420. The van der Waals surface area contributed by atoms with Crippen LogP contribution in [0.2, 0.25) is 0 Å². The van der Waals surface area contributed by atoms with Crippen molar-refractivity contribution in [2.45, 2.75) is 33.1 Å². The molecule has 194 valence electrons. The van der Waals surface area contributed by atoms with Crippen LogP contribution < -0.4 is 10.6 Å². The predicted octanol–water partition coefficient (Wildman–Crippen LogP) is 5.92. The first-order valence-electron chi connectivity index (χ1n) is 12.4. The Morgan fingerprint density at radius 3 is 2.55 bits per heavy atom. The van der Waals surface area contributed by atoms with Crippen LogP contribution >= 0.6 is 11.8 Å². The summed E-state index contributed by atoms with van der Waals surface area (Å²) in [6.07, 6.45) is 2.30. The lowest BCUT2D eigenvalue weighted by Gasteiger charge is -2.29. The molecule has 2 aromatic carbocycles. The standard InChI is InChI=1S/C30H29N3O4S/c1-4-20-14-9-11-19(3)27(20)32-24(34)18-38-29-22(17-31)25(23-15-10-16-37-23)26(30(35)36-5-2)28(33-29)21-12-7-6-8-13-21/h6-16,25,33H,4-5,18H2,1-3H3,(H,32,34)/t25-/m0/s1. The summed E-state index contributed by atoms with van der Waals surface area (Å²) in [5, 5.41) is 17.0. The Morgan fingerprint density at radius 2 is 1.89 bits per heavy atom. The van der Waals surface area contributed by atoms with Crippen LogP contribution in [0, 0.1) is 18.3 Å². The van der Waals surface area contributed by atoms with E-state index < -0.39 is 11.9 Å². The maximum atomic E-state index is 13.3. The molecule has 0 radical (unpaired) electrons. The van der Waals surface area contributed by atoms with E-state index in [1.807, 2.05) is 62.4 Å². The fourth-order valence-electron chi connectivity index (χ4n) is 4.41. The van der Waals surface area contributed by atoms with Gasteiger partial charge in [0.15, 0.2) is 0 Å². The van der Waals surface area contributed by atoms with Crippen LogP contribution in [0.25, 0.3) is 5.70 Å². The first-order valence-corrected chi connectivity index (χ1v) is 13.4. The zero-order chi connectivity index (χ0) is 27.1. The van der Waals surface area contributed by atoms with Gasteiger partial charge < -0.3 is 19.8 Å². The van der Waals surface area contributed by atoms with E-state index in [1.165, 1.54) is 18.0 Å². The summed E-state index contributed by atoms with van der Waals surface area (Å²) in [6, 6.07) is 21.0. The number of aryl methyl sites for hydroxylation is 2. The van der Waals surface area contributed by atoms with E-state index in [-0.39, 0.29) is 29.4 Å². The van der Waals surface area contributed by atoms with Crippen LogP contribution in [-0.4, -0.2) is 24.2 Å². The number of benzene rings is 2. The van der Waals surface area contributed by atoms with Gasteiger partial charge in [0, 0.05) is 5.69 Å². The molecule has 1 aliphatic heterocycles. The second-order valence-electron chi connectivity index (χ2n) is 8.60. The summed E-state index contributed by atoms with van der Waals surface area (Å²) in [5.41, 5.74) is 4.69. The first-order chi connectivity index (χ1) is 18.5. The highest BCUT2D eigenvalue weighted by Crippen LogP contribution is 2.43. The number of esters is 1. The Labute approximate surface area is 226 Å². The number of hydrogen-bond acceptors (Lipinski definition) is 7. The van der Waals surface area contributed by atoms with Gasteiger partial charge in [-0.2, -0.15) is 5.26 Å². The number of rotatable bonds is 9. The van der Waals surface area contributed by atoms with Crippen molar-refractivity contribution >= 4 is 35.0 Å². The summed E-state index contributed by atoms with van der Waals surface area (Å²) in [5.74, 6) is -1.02. The molecule has 8 heteroatoms. The number of ether oxygens (including phenoxy) is 1. The van der Waals surface area contributed by atoms with Gasteiger partial charge in [0.25, 0.3) is 0 Å². The number of furan rings is 1. The third-order valence-electron chi connectivity index (χ3n) is 6.19. The third kappa shape index (κ3) is 5.68. The van der Waals surface area contributed by atoms with Gasteiger partial charge in [0.05, 0.1) is 52.5 Å². The number of allylic oxidation sites excluding steroid dienone is 1. The maximum absolute atomic E-state index is 13.3. The summed E-state index contributed by atoms with van der Waals surface area (Å²) < 4.78 is 11.1. The Kier molecular flexibility index (Phi) is 8.72. The number of dihydropyridines is 1. The maximum Gasteiger partial charge on any atom is 0.337 e. The molecule has 7 nitrogen and oxygen atoms in total. The minimum Gasteiger partial charge on any atom is -0.468 e. The largest absolute Gasteiger partial charge is 0.468 e. The SMILES string of the molecule is CCOC(=O)C1=C(c2ccccc2)NC(SCC(=O)Nc2c(C)cccc2CC)=C(C#N)[C@H]1c1ccco1. The van der Waals surface area contributed by atoms with Crippen molar-refractivity contribution in [1.29, 1.82) is 5.26 Å². The molecular weight excluding hydrogens is 498 g/mol. The second kappa shape index (κ2) is 12.3. The molecule has 4 rings (SSSR count). The number of amides is 1. The van der Waals surface area contributed by atoms with Crippen molar-refractivity contribution in [1.82, 2.24) is 5.32 Å². The van der Waals surface area contributed by atoms with Crippen molar-refractivity contribution < 1.29 is 18.7 Å². The molecule has 38 heavy (non-hydrogen) atoms. The lowest BCUT2D eigenvalue weighted by molar-refractivity contribution is -0.138. The quantitative estimate of drug-likeness (QED) is 0.333. The normalized spacial score (nSPS) is 15.1. The number of thioether (sulfide) groups is 1. The lowest BCUT2D eigenvalue weighted by Crippen LogP contribution is -2.29. The number of carbonyl (C=O) groups is 2. The molecular formula is C30H29N3O4S. The van der Waals surface area contributed by atoms with Gasteiger partial charge in [-0.15, -0.1) is 0 Å².